The van der Waals surface area contributed by atoms with E-state index in [-0.39, 0.29) is 12.1 Å². The second-order valence-corrected chi connectivity index (χ2v) is 8.57. The van der Waals surface area contributed by atoms with E-state index in [1.807, 2.05) is 0 Å². The van der Waals surface area contributed by atoms with Crippen LogP contribution in [0.15, 0.2) is 60.7 Å². The van der Waals surface area contributed by atoms with Crippen molar-refractivity contribution in [3.8, 4) is 0 Å². The SMILES string of the molecule is CN(C)C1(Cc2ccccc2)CC=C(c2[nH]c3ccccc3c2CCCO)CC1. The first-order chi connectivity index (χ1) is 14.1. The number of H-pyrrole nitrogens is 1. The van der Waals surface area contributed by atoms with Crippen molar-refractivity contribution in [1.29, 1.82) is 0 Å². The molecule has 0 fully saturated rings. The van der Waals surface area contributed by atoms with Gasteiger partial charge in [-0.25, -0.2) is 0 Å². The summed E-state index contributed by atoms with van der Waals surface area (Å²) in [5, 5.41) is 10.7. The maximum absolute atomic E-state index is 9.38. The molecular weight excluding hydrogens is 356 g/mol. The van der Waals surface area contributed by atoms with Crippen molar-refractivity contribution >= 4 is 16.5 Å². The molecule has 2 N–H and O–H groups in total. The molecule has 3 aromatic rings. The predicted molar refractivity (Wildman–Crippen MR) is 122 cm³/mol. The maximum atomic E-state index is 9.38. The molecule has 1 aliphatic rings. The van der Waals surface area contributed by atoms with Gasteiger partial charge in [-0.3, -0.25) is 0 Å². The first-order valence-corrected chi connectivity index (χ1v) is 10.7. The van der Waals surface area contributed by atoms with Crippen molar-refractivity contribution in [2.45, 2.75) is 44.1 Å². The molecule has 0 bridgehead atoms. The molecule has 0 spiro atoms. The van der Waals surface area contributed by atoms with E-state index < -0.39 is 0 Å². The number of benzene rings is 2. The highest BCUT2D eigenvalue weighted by atomic mass is 16.2. The number of aromatic amines is 1. The highest BCUT2D eigenvalue weighted by molar-refractivity contribution is 5.89. The number of allylic oxidation sites excluding steroid dienone is 1. The zero-order chi connectivity index (χ0) is 20.3. The molecule has 29 heavy (non-hydrogen) atoms. The Morgan fingerprint density at radius 3 is 2.48 bits per heavy atom. The Kier molecular flexibility index (Phi) is 5.89. The number of hydrogen-bond donors (Lipinski definition) is 2. The third-order valence-corrected chi connectivity index (χ3v) is 6.63. The summed E-state index contributed by atoms with van der Waals surface area (Å²) in [5.74, 6) is 0. The van der Waals surface area contributed by atoms with Gasteiger partial charge in [0.05, 0.1) is 0 Å². The Morgan fingerprint density at radius 2 is 1.79 bits per heavy atom. The molecule has 152 valence electrons. The third kappa shape index (κ3) is 4.03. The van der Waals surface area contributed by atoms with Crippen molar-refractivity contribution in [3.05, 3.63) is 77.5 Å². The van der Waals surface area contributed by atoms with Gasteiger partial charge in [0.2, 0.25) is 0 Å². The standard InChI is InChI=1S/C26H32N2O/c1-28(2)26(19-20-9-4-3-5-10-20)16-14-21(15-17-26)25-23(12-8-18-29)22-11-6-7-13-24(22)27-25/h3-7,9-11,13-14,27,29H,8,12,15-19H2,1-2H3. The van der Waals surface area contributed by atoms with Gasteiger partial charge in [-0.15, -0.1) is 0 Å². The summed E-state index contributed by atoms with van der Waals surface area (Å²) in [6.07, 6.45) is 8.53. The summed E-state index contributed by atoms with van der Waals surface area (Å²) < 4.78 is 0. The van der Waals surface area contributed by atoms with Gasteiger partial charge < -0.3 is 15.0 Å². The Balaban J connectivity index is 1.65. The molecule has 3 heteroatoms. The first kappa shape index (κ1) is 19.9. The number of rotatable bonds is 7. The molecule has 0 saturated heterocycles. The van der Waals surface area contributed by atoms with Crippen molar-refractivity contribution in [2.24, 2.45) is 0 Å². The molecule has 3 nitrogen and oxygen atoms in total. The Hall–Kier alpha value is -2.36. The van der Waals surface area contributed by atoms with Gasteiger partial charge in [-0.2, -0.15) is 0 Å². The van der Waals surface area contributed by atoms with Crippen LogP contribution in [-0.4, -0.2) is 41.2 Å². The van der Waals surface area contributed by atoms with Gasteiger partial charge in [-0.05, 0) is 75.4 Å². The summed E-state index contributed by atoms with van der Waals surface area (Å²) >= 11 is 0. The van der Waals surface area contributed by atoms with Crippen LogP contribution in [0.3, 0.4) is 0 Å². The van der Waals surface area contributed by atoms with E-state index >= 15 is 0 Å². The number of para-hydroxylation sites is 1. The normalized spacial score (nSPS) is 19.7. The van der Waals surface area contributed by atoms with Crippen LogP contribution in [0.25, 0.3) is 16.5 Å². The van der Waals surface area contributed by atoms with Crippen LogP contribution >= 0.6 is 0 Å². The van der Waals surface area contributed by atoms with Crippen LogP contribution in [-0.2, 0) is 12.8 Å². The zero-order valence-corrected chi connectivity index (χ0v) is 17.6. The summed E-state index contributed by atoms with van der Waals surface area (Å²) in [6, 6.07) is 19.4. The number of aliphatic hydroxyl groups excluding tert-OH is 1. The third-order valence-electron chi connectivity index (χ3n) is 6.63. The molecule has 0 amide bonds. The highest BCUT2D eigenvalue weighted by Crippen LogP contribution is 2.40. The van der Waals surface area contributed by atoms with Crippen molar-refractivity contribution in [1.82, 2.24) is 9.88 Å². The first-order valence-electron chi connectivity index (χ1n) is 10.7. The average Bonchev–Trinajstić information content (AvgIpc) is 3.12. The van der Waals surface area contributed by atoms with Gasteiger partial charge in [0.1, 0.15) is 0 Å². The molecule has 4 rings (SSSR count). The smallest absolute Gasteiger partial charge is 0.0461 e. The van der Waals surface area contributed by atoms with Crippen molar-refractivity contribution < 1.29 is 5.11 Å². The average molecular weight is 389 g/mol. The monoisotopic (exact) mass is 388 g/mol. The lowest BCUT2D eigenvalue weighted by molar-refractivity contribution is 0.138. The largest absolute Gasteiger partial charge is 0.396 e. The summed E-state index contributed by atoms with van der Waals surface area (Å²) in [7, 11) is 4.44. The number of nitrogens with zero attached hydrogens (tertiary/aromatic N) is 1. The molecule has 0 aliphatic heterocycles. The second-order valence-electron chi connectivity index (χ2n) is 8.57. The second kappa shape index (κ2) is 8.56. The maximum Gasteiger partial charge on any atom is 0.0461 e. The number of likely N-dealkylation sites (N-methyl/N-ethyl adjacent to an activating group) is 1. The fourth-order valence-corrected chi connectivity index (χ4v) is 4.80. The molecule has 1 aromatic heterocycles. The van der Waals surface area contributed by atoms with Crippen LogP contribution in [0.4, 0.5) is 0 Å². The van der Waals surface area contributed by atoms with Crippen molar-refractivity contribution in [2.75, 3.05) is 20.7 Å². The van der Waals surface area contributed by atoms with E-state index in [0.717, 1.165) is 38.5 Å². The van der Waals surface area contributed by atoms with Gasteiger partial charge >= 0.3 is 0 Å². The lowest BCUT2D eigenvalue weighted by Gasteiger charge is -2.42. The van der Waals surface area contributed by atoms with E-state index in [2.05, 4.69) is 84.7 Å². The zero-order valence-electron chi connectivity index (χ0n) is 17.6. The summed E-state index contributed by atoms with van der Waals surface area (Å²) in [4.78, 5) is 6.11. The van der Waals surface area contributed by atoms with Crippen LogP contribution in [0, 0.1) is 0 Å². The molecule has 0 radical (unpaired) electrons. The minimum atomic E-state index is 0.169. The Morgan fingerprint density at radius 1 is 1.03 bits per heavy atom. The van der Waals surface area contributed by atoms with E-state index in [0.29, 0.717) is 0 Å². The number of aliphatic hydroxyl groups is 1. The molecule has 1 unspecified atom stereocenters. The van der Waals surface area contributed by atoms with E-state index in [1.54, 1.807) is 0 Å². The summed E-state index contributed by atoms with van der Waals surface area (Å²) in [5.41, 5.74) is 6.85. The molecule has 0 saturated carbocycles. The molecule has 1 heterocycles. The lowest BCUT2D eigenvalue weighted by Crippen LogP contribution is -2.47. The fourth-order valence-electron chi connectivity index (χ4n) is 4.80. The minimum absolute atomic E-state index is 0.169. The van der Waals surface area contributed by atoms with Gasteiger partial charge in [0, 0.05) is 28.7 Å². The number of fused-ring (bicyclic) bond motifs is 1. The Bertz CT molecular complexity index is 986. The highest BCUT2D eigenvalue weighted by Gasteiger charge is 2.35. The van der Waals surface area contributed by atoms with Crippen LogP contribution in [0.1, 0.15) is 42.5 Å². The lowest BCUT2D eigenvalue weighted by atomic mass is 9.76. The van der Waals surface area contributed by atoms with E-state index in [1.165, 1.54) is 33.3 Å². The van der Waals surface area contributed by atoms with Crippen molar-refractivity contribution in [3.63, 3.8) is 0 Å². The van der Waals surface area contributed by atoms with E-state index in [9.17, 15) is 5.11 Å². The number of nitrogens with one attached hydrogen (secondary N) is 1. The minimum Gasteiger partial charge on any atom is -0.396 e. The fraction of sp³-hybridized carbons (Fsp3) is 0.385. The number of hydrogen-bond acceptors (Lipinski definition) is 2. The topological polar surface area (TPSA) is 39.3 Å². The van der Waals surface area contributed by atoms with Gasteiger partial charge in [0.25, 0.3) is 0 Å². The molecule has 2 aromatic carbocycles. The van der Waals surface area contributed by atoms with Crippen LogP contribution in [0.2, 0.25) is 0 Å². The van der Waals surface area contributed by atoms with E-state index in [4.69, 9.17) is 0 Å². The quantitative estimate of drug-likeness (QED) is 0.584. The molecule has 1 aliphatic carbocycles. The predicted octanol–water partition coefficient (Wildman–Crippen LogP) is 5.20. The van der Waals surface area contributed by atoms with Crippen LogP contribution < -0.4 is 0 Å². The number of aryl methyl sites for hydroxylation is 1. The Labute approximate surface area is 174 Å². The van der Waals surface area contributed by atoms with Gasteiger partial charge in [-0.1, -0.05) is 54.6 Å². The van der Waals surface area contributed by atoms with Crippen LogP contribution in [0.5, 0.6) is 0 Å². The number of aromatic nitrogens is 1. The molecular formula is C26H32N2O. The molecule has 1 atom stereocenters. The van der Waals surface area contributed by atoms with Gasteiger partial charge in [0.15, 0.2) is 0 Å². The summed E-state index contributed by atoms with van der Waals surface area (Å²) in [6.45, 7) is 0.235.